The number of hydrogen-bond acceptors (Lipinski definition) is 0. The second-order valence-electron chi connectivity index (χ2n) is 17.5. The van der Waals surface area contributed by atoms with Crippen LogP contribution in [0.5, 0.6) is 0 Å². The van der Waals surface area contributed by atoms with Gasteiger partial charge in [0.05, 0.1) is 8.07 Å². The Morgan fingerprint density at radius 1 is 0.540 bits per heavy atom. The van der Waals surface area contributed by atoms with Crippen LogP contribution in [0.15, 0.2) is 121 Å². The molecule has 0 heterocycles. The molecule has 50 heavy (non-hydrogen) atoms. The molecule has 8 atom stereocenters. The molecule has 4 saturated carbocycles. The number of benzene rings is 4. The fourth-order valence-corrected chi connectivity index (χ4v) is 18.3. The molecule has 0 saturated heterocycles. The van der Waals surface area contributed by atoms with Crippen molar-refractivity contribution in [3.8, 4) is 0 Å². The van der Waals surface area contributed by atoms with E-state index >= 15 is 0 Å². The van der Waals surface area contributed by atoms with Crippen molar-refractivity contribution in [2.75, 3.05) is 0 Å². The van der Waals surface area contributed by atoms with Gasteiger partial charge in [0.25, 0.3) is 0 Å². The lowest BCUT2D eigenvalue weighted by molar-refractivity contribution is 0.415. The normalized spacial score (nSPS) is 31.5. The van der Waals surface area contributed by atoms with E-state index < -0.39 is 8.07 Å². The third-order valence-corrected chi connectivity index (χ3v) is 19.2. The van der Waals surface area contributed by atoms with Crippen LogP contribution in [0.1, 0.15) is 69.9 Å². The van der Waals surface area contributed by atoms with Crippen LogP contribution in [0.2, 0.25) is 24.2 Å². The molecule has 4 fully saturated rings. The first-order valence-electron chi connectivity index (χ1n) is 20.2. The predicted molar refractivity (Wildman–Crippen MR) is 219 cm³/mol. The highest BCUT2D eigenvalue weighted by Crippen LogP contribution is 2.70. The van der Waals surface area contributed by atoms with Crippen molar-refractivity contribution < 1.29 is 0 Å². The van der Waals surface area contributed by atoms with Crippen LogP contribution in [0.25, 0.3) is 32.7 Å². The molecule has 4 aromatic carbocycles. The molecular formula is C49H56Si. The van der Waals surface area contributed by atoms with Crippen molar-refractivity contribution in [1.29, 1.82) is 0 Å². The molecule has 0 bridgehead atoms. The predicted octanol–water partition coefficient (Wildman–Crippen LogP) is 13.8. The van der Waals surface area contributed by atoms with Gasteiger partial charge in [0, 0.05) is 0 Å². The highest BCUT2D eigenvalue weighted by atomic mass is 28.3. The van der Waals surface area contributed by atoms with Gasteiger partial charge in [0.1, 0.15) is 0 Å². The molecule has 0 radical (unpaired) electrons. The first-order valence-corrected chi connectivity index (χ1v) is 23.4. The van der Waals surface area contributed by atoms with Crippen LogP contribution in [-0.4, -0.2) is 8.07 Å². The van der Waals surface area contributed by atoms with Crippen molar-refractivity contribution in [2.45, 2.75) is 83.0 Å². The zero-order valence-corrected chi connectivity index (χ0v) is 31.8. The Bertz CT molecular complexity index is 1860. The van der Waals surface area contributed by atoms with Gasteiger partial charge in [0.2, 0.25) is 0 Å². The van der Waals surface area contributed by atoms with Crippen LogP contribution in [0.3, 0.4) is 0 Å². The maximum atomic E-state index is 2.89. The van der Waals surface area contributed by atoms with Crippen LogP contribution in [0, 0.1) is 47.3 Å². The molecule has 0 spiro atoms. The summed E-state index contributed by atoms with van der Waals surface area (Å²) in [5.41, 5.74) is 8.01. The zero-order chi connectivity index (χ0) is 34.0. The minimum atomic E-state index is -1.75. The van der Waals surface area contributed by atoms with Gasteiger partial charge in [-0.2, -0.15) is 0 Å². The standard InChI is InChI=1S/C46H48Si.C3H8/c1-47(2,45-39-21-9-19-37(43(39)27-41(45)31-23-24-31)35-17-7-13-29-11-3-5-15-33(29)35)46-40-22-10-20-38(44(40)28-42(46)32-25-26-32)36-18-8-14-30-12-4-6-16-34(30)36;1-3-2/h3-22,31-32,39-46H,23-28H2,1-2H3;3H2,1-2H3. The summed E-state index contributed by atoms with van der Waals surface area (Å²) in [5, 5.41) is 5.63. The maximum Gasteiger partial charge on any atom is 0.0553 e. The van der Waals surface area contributed by atoms with Crippen molar-refractivity contribution in [2.24, 2.45) is 47.3 Å². The summed E-state index contributed by atoms with van der Waals surface area (Å²) in [6, 6.07) is 32.2. The third kappa shape index (κ3) is 5.45. The summed E-state index contributed by atoms with van der Waals surface area (Å²) in [4.78, 5) is 0. The molecule has 6 aliphatic rings. The average Bonchev–Trinajstić information content (AvgIpc) is 4.09. The zero-order valence-electron chi connectivity index (χ0n) is 30.8. The third-order valence-electron chi connectivity index (χ3n) is 14.1. The van der Waals surface area contributed by atoms with Crippen LogP contribution in [0.4, 0.5) is 0 Å². The number of allylic oxidation sites excluding steroid dienone is 8. The smallest absolute Gasteiger partial charge is 0.0553 e. The van der Waals surface area contributed by atoms with Gasteiger partial charge in [0.15, 0.2) is 0 Å². The van der Waals surface area contributed by atoms with Crippen LogP contribution < -0.4 is 0 Å². The highest BCUT2D eigenvalue weighted by Gasteiger charge is 2.62. The van der Waals surface area contributed by atoms with E-state index in [4.69, 9.17) is 0 Å². The number of hydrogen-bond donors (Lipinski definition) is 0. The molecule has 0 aliphatic heterocycles. The second kappa shape index (κ2) is 13.0. The molecule has 0 nitrogen and oxygen atoms in total. The first-order chi connectivity index (χ1) is 24.5. The minimum Gasteiger partial charge on any atom is -0.0808 e. The van der Waals surface area contributed by atoms with Gasteiger partial charge in [-0.05, 0) is 141 Å². The number of rotatable bonds is 6. The molecule has 0 N–H and O–H groups in total. The Hall–Kier alpha value is -3.42. The van der Waals surface area contributed by atoms with Crippen molar-refractivity contribution >= 4 is 40.8 Å². The minimum absolute atomic E-state index is 0.665. The topological polar surface area (TPSA) is 0 Å². The summed E-state index contributed by atoms with van der Waals surface area (Å²) in [6.45, 7) is 10.0. The largest absolute Gasteiger partial charge is 0.0808 e. The average molecular weight is 673 g/mol. The number of fused-ring (bicyclic) bond motifs is 4. The van der Waals surface area contributed by atoms with Gasteiger partial charge in [-0.3, -0.25) is 0 Å². The lowest BCUT2D eigenvalue weighted by Crippen LogP contribution is -2.47. The van der Waals surface area contributed by atoms with Gasteiger partial charge in [-0.25, -0.2) is 0 Å². The first kappa shape index (κ1) is 32.5. The molecule has 256 valence electrons. The summed E-state index contributed by atoms with van der Waals surface area (Å²) < 4.78 is 0. The molecule has 6 aliphatic carbocycles. The van der Waals surface area contributed by atoms with E-state index in [-0.39, 0.29) is 0 Å². The Balaban J connectivity index is 0.00000109. The molecule has 4 aromatic rings. The molecule has 10 rings (SSSR count). The molecule has 0 amide bonds. The summed E-state index contributed by atoms with van der Waals surface area (Å²) >= 11 is 0. The van der Waals surface area contributed by atoms with E-state index in [1.54, 1.807) is 11.1 Å². The van der Waals surface area contributed by atoms with E-state index in [1.807, 2.05) is 0 Å². The molecular weight excluding hydrogens is 617 g/mol. The van der Waals surface area contributed by atoms with Crippen LogP contribution in [-0.2, 0) is 0 Å². The van der Waals surface area contributed by atoms with E-state index in [2.05, 4.69) is 148 Å². The van der Waals surface area contributed by atoms with Gasteiger partial charge >= 0.3 is 0 Å². The second-order valence-corrected chi connectivity index (χ2v) is 22.5. The molecule has 1 heteroatoms. The lowest BCUT2D eigenvalue weighted by atomic mass is 9.80. The highest BCUT2D eigenvalue weighted by molar-refractivity contribution is 6.80. The summed E-state index contributed by atoms with van der Waals surface area (Å²) in [5.74, 6) is 6.44. The SMILES string of the molecule is CCC.C[Si](C)(C1C2C=CC=C(c3cccc4ccccc34)C2CC1C1CC1)C1C2C=CC=C(c3cccc4ccccc34)C2CC1C1CC1. The van der Waals surface area contributed by atoms with E-state index in [0.717, 1.165) is 34.8 Å². The van der Waals surface area contributed by atoms with E-state index in [1.165, 1.54) is 77.6 Å². The van der Waals surface area contributed by atoms with Gasteiger partial charge in [-0.15, -0.1) is 0 Å². The van der Waals surface area contributed by atoms with Gasteiger partial charge < -0.3 is 0 Å². The van der Waals surface area contributed by atoms with Gasteiger partial charge in [-0.1, -0.05) is 155 Å². The van der Waals surface area contributed by atoms with E-state index in [9.17, 15) is 0 Å². The van der Waals surface area contributed by atoms with Crippen molar-refractivity contribution in [1.82, 2.24) is 0 Å². The monoisotopic (exact) mass is 672 g/mol. The summed E-state index contributed by atoms with van der Waals surface area (Å²) in [6.07, 6.45) is 25.3. The molecule has 0 aromatic heterocycles. The maximum absolute atomic E-state index is 2.89. The van der Waals surface area contributed by atoms with Crippen molar-refractivity contribution in [3.63, 3.8) is 0 Å². The Morgan fingerprint density at radius 2 is 0.940 bits per heavy atom. The molecule has 8 unspecified atom stereocenters. The van der Waals surface area contributed by atoms with Crippen molar-refractivity contribution in [3.05, 3.63) is 133 Å². The Morgan fingerprint density at radius 3 is 1.36 bits per heavy atom. The fourth-order valence-electron chi connectivity index (χ4n) is 12.1. The fraction of sp³-hybridized carbons (Fsp3) is 0.429. The van der Waals surface area contributed by atoms with E-state index in [0.29, 0.717) is 23.7 Å². The van der Waals surface area contributed by atoms with Crippen LogP contribution >= 0.6 is 0 Å². The quantitative estimate of drug-likeness (QED) is 0.179. The Kier molecular flexibility index (Phi) is 8.42. The Labute approximate surface area is 302 Å². The lowest BCUT2D eigenvalue weighted by Gasteiger charge is -2.47. The summed E-state index contributed by atoms with van der Waals surface area (Å²) in [7, 11) is -1.75.